The average molecular weight is 362 g/mol. The highest BCUT2D eigenvalue weighted by molar-refractivity contribution is 9.10. The number of nitrogen functional groups attached to an aromatic ring is 1. The van der Waals surface area contributed by atoms with Crippen molar-refractivity contribution in [2.75, 3.05) is 11.1 Å². The Kier molecular flexibility index (Phi) is 4.26. The fraction of sp³-hybridized carbons (Fsp3) is 0.154. The van der Waals surface area contributed by atoms with Gasteiger partial charge in [-0.15, -0.1) is 13.2 Å². The molecule has 0 radical (unpaired) electrons. The van der Waals surface area contributed by atoms with Crippen LogP contribution in [0.1, 0.15) is 5.56 Å². The van der Waals surface area contributed by atoms with Gasteiger partial charge in [0.05, 0.1) is 10.2 Å². The van der Waals surface area contributed by atoms with Crippen molar-refractivity contribution in [1.82, 2.24) is 4.98 Å². The molecule has 112 valence electrons. The number of nitrogens with zero attached hydrogens (tertiary/aromatic N) is 1. The van der Waals surface area contributed by atoms with Crippen LogP contribution in [0.4, 0.5) is 30.4 Å². The van der Waals surface area contributed by atoms with E-state index in [-0.39, 0.29) is 10.2 Å². The van der Waals surface area contributed by atoms with E-state index in [0.717, 1.165) is 5.56 Å². The van der Waals surface area contributed by atoms with E-state index in [9.17, 15) is 13.2 Å². The third kappa shape index (κ3) is 4.25. The summed E-state index contributed by atoms with van der Waals surface area (Å²) < 4.78 is 40.5. The Morgan fingerprint density at radius 3 is 2.57 bits per heavy atom. The summed E-state index contributed by atoms with van der Waals surface area (Å²) in [5.41, 5.74) is 7.69. The molecule has 0 aliphatic rings. The molecule has 0 bridgehead atoms. The van der Waals surface area contributed by atoms with Gasteiger partial charge in [0, 0.05) is 11.9 Å². The normalized spacial score (nSPS) is 11.3. The van der Waals surface area contributed by atoms with Crippen LogP contribution in [0.3, 0.4) is 0 Å². The standard InChI is InChI=1S/C13H11BrF3N3O/c1-7-4-10(18)12(19-6-7)20-8-2-3-11(9(14)5-8)21-13(15,16)17/h2-6H,18H2,1H3,(H,19,20). The second-order valence-electron chi connectivity index (χ2n) is 4.27. The first-order chi connectivity index (χ1) is 9.74. The second-order valence-corrected chi connectivity index (χ2v) is 5.12. The first kappa shape index (κ1) is 15.4. The molecular formula is C13H11BrF3N3O. The van der Waals surface area contributed by atoms with Crippen molar-refractivity contribution in [2.45, 2.75) is 13.3 Å². The number of rotatable bonds is 3. The van der Waals surface area contributed by atoms with Gasteiger partial charge in [-0.05, 0) is 52.7 Å². The quantitative estimate of drug-likeness (QED) is 0.851. The van der Waals surface area contributed by atoms with Gasteiger partial charge in [-0.25, -0.2) is 4.98 Å². The number of nitrogens with two attached hydrogens (primary N) is 1. The Bertz CT molecular complexity index is 662. The first-order valence-electron chi connectivity index (χ1n) is 5.79. The lowest BCUT2D eigenvalue weighted by Crippen LogP contribution is -2.17. The van der Waals surface area contributed by atoms with Gasteiger partial charge in [0.25, 0.3) is 0 Å². The molecule has 0 amide bonds. The number of hydrogen-bond acceptors (Lipinski definition) is 4. The van der Waals surface area contributed by atoms with Crippen LogP contribution in [-0.2, 0) is 0 Å². The highest BCUT2D eigenvalue weighted by Gasteiger charge is 2.31. The lowest BCUT2D eigenvalue weighted by molar-refractivity contribution is -0.274. The summed E-state index contributed by atoms with van der Waals surface area (Å²) >= 11 is 3.03. The summed E-state index contributed by atoms with van der Waals surface area (Å²) in [7, 11) is 0. The summed E-state index contributed by atoms with van der Waals surface area (Å²) in [6.07, 6.45) is -3.10. The molecule has 3 N–H and O–H groups in total. The van der Waals surface area contributed by atoms with E-state index >= 15 is 0 Å². The van der Waals surface area contributed by atoms with Gasteiger partial charge in [0.15, 0.2) is 5.82 Å². The Balaban J connectivity index is 2.20. The molecule has 0 aliphatic heterocycles. The summed E-state index contributed by atoms with van der Waals surface area (Å²) in [5.74, 6) is 0.106. The monoisotopic (exact) mass is 361 g/mol. The topological polar surface area (TPSA) is 60.2 Å². The number of halogens is 4. The average Bonchev–Trinajstić information content (AvgIpc) is 2.35. The minimum Gasteiger partial charge on any atom is -0.405 e. The number of nitrogens with one attached hydrogen (secondary N) is 1. The molecule has 4 nitrogen and oxygen atoms in total. The van der Waals surface area contributed by atoms with Crippen LogP contribution in [0, 0.1) is 6.92 Å². The summed E-state index contributed by atoms with van der Waals surface area (Å²) in [4.78, 5) is 4.12. The Morgan fingerprint density at radius 1 is 1.29 bits per heavy atom. The number of aryl methyl sites for hydroxylation is 1. The second kappa shape index (κ2) is 5.80. The summed E-state index contributed by atoms with van der Waals surface area (Å²) in [6, 6.07) is 5.82. The molecule has 21 heavy (non-hydrogen) atoms. The van der Waals surface area contributed by atoms with Gasteiger partial charge in [0.2, 0.25) is 0 Å². The Morgan fingerprint density at radius 2 is 2.00 bits per heavy atom. The van der Waals surface area contributed by atoms with Crippen molar-refractivity contribution in [1.29, 1.82) is 0 Å². The van der Waals surface area contributed by atoms with Gasteiger partial charge >= 0.3 is 6.36 Å². The first-order valence-corrected chi connectivity index (χ1v) is 6.58. The van der Waals surface area contributed by atoms with E-state index in [1.165, 1.54) is 18.2 Å². The molecule has 0 saturated carbocycles. The van der Waals surface area contributed by atoms with E-state index < -0.39 is 6.36 Å². The van der Waals surface area contributed by atoms with Crippen molar-refractivity contribution in [3.8, 4) is 5.75 Å². The Hall–Kier alpha value is -1.96. The van der Waals surface area contributed by atoms with E-state index in [2.05, 4.69) is 31.0 Å². The molecule has 0 unspecified atom stereocenters. The third-order valence-electron chi connectivity index (χ3n) is 2.47. The van der Waals surface area contributed by atoms with Crippen LogP contribution in [-0.4, -0.2) is 11.3 Å². The molecule has 0 aliphatic carbocycles. The molecule has 8 heteroatoms. The van der Waals surface area contributed by atoms with Crippen LogP contribution < -0.4 is 15.8 Å². The molecule has 0 fully saturated rings. The largest absolute Gasteiger partial charge is 0.573 e. The molecule has 1 heterocycles. The highest BCUT2D eigenvalue weighted by atomic mass is 79.9. The molecule has 0 saturated heterocycles. The Labute approximate surface area is 127 Å². The lowest BCUT2D eigenvalue weighted by Gasteiger charge is -2.13. The third-order valence-corrected chi connectivity index (χ3v) is 3.09. The van der Waals surface area contributed by atoms with Crippen LogP contribution in [0.2, 0.25) is 0 Å². The fourth-order valence-corrected chi connectivity index (χ4v) is 2.08. The number of alkyl halides is 3. The number of pyridine rings is 1. The molecule has 2 rings (SSSR count). The molecule has 1 aromatic heterocycles. The minimum atomic E-state index is -4.74. The molecule has 2 aromatic rings. The number of benzene rings is 1. The van der Waals surface area contributed by atoms with Crippen LogP contribution in [0.25, 0.3) is 0 Å². The maximum atomic E-state index is 12.2. The van der Waals surface area contributed by atoms with E-state index in [1.54, 1.807) is 12.3 Å². The number of anilines is 3. The molecular weight excluding hydrogens is 351 g/mol. The van der Waals surface area contributed by atoms with Crippen LogP contribution in [0.5, 0.6) is 5.75 Å². The predicted octanol–water partition coefficient (Wildman–Crippen LogP) is 4.38. The van der Waals surface area contributed by atoms with Gasteiger partial charge in [0.1, 0.15) is 5.75 Å². The van der Waals surface area contributed by atoms with E-state index in [1.807, 2.05) is 6.92 Å². The van der Waals surface area contributed by atoms with Gasteiger partial charge in [-0.1, -0.05) is 0 Å². The van der Waals surface area contributed by atoms with Crippen molar-refractivity contribution in [3.05, 3.63) is 40.5 Å². The SMILES string of the molecule is Cc1cnc(Nc2ccc(OC(F)(F)F)c(Br)c2)c(N)c1. The van der Waals surface area contributed by atoms with Crippen LogP contribution in [0.15, 0.2) is 34.9 Å². The maximum absolute atomic E-state index is 12.2. The zero-order valence-corrected chi connectivity index (χ0v) is 12.4. The van der Waals surface area contributed by atoms with Crippen molar-refractivity contribution >= 4 is 33.1 Å². The predicted molar refractivity (Wildman–Crippen MR) is 77.5 cm³/mol. The zero-order valence-electron chi connectivity index (χ0n) is 10.8. The highest BCUT2D eigenvalue weighted by Crippen LogP contribution is 2.33. The molecule has 0 spiro atoms. The van der Waals surface area contributed by atoms with E-state index in [0.29, 0.717) is 17.2 Å². The van der Waals surface area contributed by atoms with Gasteiger partial charge < -0.3 is 15.8 Å². The lowest BCUT2D eigenvalue weighted by atomic mass is 10.2. The van der Waals surface area contributed by atoms with Gasteiger partial charge in [-0.2, -0.15) is 0 Å². The smallest absolute Gasteiger partial charge is 0.405 e. The van der Waals surface area contributed by atoms with Crippen molar-refractivity contribution < 1.29 is 17.9 Å². The summed E-state index contributed by atoms with van der Waals surface area (Å²) in [6.45, 7) is 1.85. The van der Waals surface area contributed by atoms with E-state index in [4.69, 9.17) is 5.73 Å². The number of aromatic nitrogens is 1. The number of hydrogen-bond donors (Lipinski definition) is 2. The van der Waals surface area contributed by atoms with Crippen molar-refractivity contribution in [2.24, 2.45) is 0 Å². The van der Waals surface area contributed by atoms with Crippen molar-refractivity contribution in [3.63, 3.8) is 0 Å². The zero-order chi connectivity index (χ0) is 15.6. The summed E-state index contributed by atoms with van der Waals surface area (Å²) in [5, 5.41) is 2.93. The van der Waals surface area contributed by atoms with Crippen LogP contribution >= 0.6 is 15.9 Å². The van der Waals surface area contributed by atoms with Gasteiger partial charge in [-0.3, -0.25) is 0 Å². The number of ether oxygens (including phenoxy) is 1. The molecule has 1 aromatic carbocycles. The maximum Gasteiger partial charge on any atom is 0.573 e. The minimum absolute atomic E-state index is 0.163. The molecule has 0 atom stereocenters. The fourth-order valence-electron chi connectivity index (χ4n) is 1.62.